The molecule has 1 aromatic carbocycles. The van der Waals surface area contributed by atoms with Crippen molar-refractivity contribution in [3.63, 3.8) is 0 Å². The Balaban J connectivity index is 2.39. The minimum Gasteiger partial charge on any atom is -0.387 e. The number of nitrogens with zero attached hydrogens (tertiary/aromatic N) is 1. The van der Waals surface area contributed by atoms with Gasteiger partial charge in [-0.05, 0) is 38.2 Å². The van der Waals surface area contributed by atoms with Gasteiger partial charge in [0.15, 0.2) is 0 Å². The Bertz CT molecular complexity index is 389. The van der Waals surface area contributed by atoms with E-state index in [1.807, 2.05) is 31.3 Å². The van der Waals surface area contributed by atoms with Crippen molar-refractivity contribution in [3.8, 4) is 0 Å². The van der Waals surface area contributed by atoms with Gasteiger partial charge in [-0.3, -0.25) is 4.79 Å². The van der Waals surface area contributed by atoms with Gasteiger partial charge in [-0.25, -0.2) is 0 Å². The van der Waals surface area contributed by atoms with Crippen molar-refractivity contribution in [2.24, 2.45) is 0 Å². The molecule has 0 aliphatic rings. The number of anilines is 1. The Labute approximate surface area is 116 Å². The number of hydrogen-bond acceptors (Lipinski definition) is 3. The Hall–Kier alpha value is -1.55. The summed E-state index contributed by atoms with van der Waals surface area (Å²) in [6.45, 7) is 8.19. The van der Waals surface area contributed by atoms with E-state index in [2.05, 4.69) is 29.4 Å². The predicted octanol–water partition coefficient (Wildman–Crippen LogP) is 2.19. The molecule has 0 bridgehead atoms. The highest BCUT2D eigenvalue weighted by Gasteiger charge is 2.09. The molecule has 106 valence electrons. The van der Waals surface area contributed by atoms with E-state index in [0.717, 1.165) is 31.7 Å². The smallest absolute Gasteiger partial charge is 0.253 e. The lowest BCUT2D eigenvalue weighted by atomic mass is 10.1. The van der Waals surface area contributed by atoms with Crippen LogP contribution >= 0.6 is 0 Å². The topological polar surface area (TPSA) is 44.4 Å². The summed E-state index contributed by atoms with van der Waals surface area (Å²) in [5.74, 6) is -0.00973. The molecule has 4 heteroatoms. The molecule has 0 aromatic heterocycles. The first-order valence-electron chi connectivity index (χ1n) is 7.00. The van der Waals surface area contributed by atoms with Crippen LogP contribution in [0, 0.1) is 0 Å². The summed E-state index contributed by atoms with van der Waals surface area (Å²) in [4.78, 5) is 14.4. The van der Waals surface area contributed by atoms with Gasteiger partial charge in [-0.2, -0.15) is 0 Å². The van der Waals surface area contributed by atoms with Crippen molar-refractivity contribution in [3.05, 3.63) is 29.8 Å². The number of para-hydroxylation sites is 1. The summed E-state index contributed by atoms with van der Waals surface area (Å²) in [5, 5.41) is 6.01. The number of rotatable bonds is 8. The molecular formula is C15H25N3O. The fraction of sp³-hybridized carbons (Fsp3) is 0.533. The molecule has 0 unspecified atom stereocenters. The number of amides is 1. The van der Waals surface area contributed by atoms with Gasteiger partial charge >= 0.3 is 0 Å². The van der Waals surface area contributed by atoms with Crippen molar-refractivity contribution < 1.29 is 4.79 Å². The van der Waals surface area contributed by atoms with Crippen molar-refractivity contribution >= 4 is 11.6 Å². The first-order chi connectivity index (χ1) is 9.22. The van der Waals surface area contributed by atoms with E-state index in [0.29, 0.717) is 12.1 Å². The van der Waals surface area contributed by atoms with Crippen LogP contribution in [-0.2, 0) is 0 Å². The van der Waals surface area contributed by atoms with Crippen LogP contribution in [0.25, 0.3) is 0 Å². The van der Waals surface area contributed by atoms with E-state index in [1.165, 1.54) is 0 Å². The molecule has 0 aliphatic heterocycles. The van der Waals surface area contributed by atoms with Crippen LogP contribution in [0.2, 0.25) is 0 Å². The molecule has 0 aliphatic carbocycles. The van der Waals surface area contributed by atoms with Crippen LogP contribution in [0.3, 0.4) is 0 Å². The first kappa shape index (κ1) is 15.5. The van der Waals surface area contributed by atoms with Gasteiger partial charge in [0.2, 0.25) is 0 Å². The van der Waals surface area contributed by atoms with Crippen LogP contribution in [0.5, 0.6) is 0 Å². The van der Waals surface area contributed by atoms with E-state index < -0.39 is 0 Å². The molecule has 0 heterocycles. The molecule has 19 heavy (non-hydrogen) atoms. The fourth-order valence-electron chi connectivity index (χ4n) is 2.04. The highest BCUT2D eigenvalue weighted by Crippen LogP contribution is 2.13. The van der Waals surface area contributed by atoms with E-state index in [1.54, 1.807) is 0 Å². The minimum absolute atomic E-state index is 0.00973. The van der Waals surface area contributed by atoms with Crippen LogP contribution in [0.4, 0.5) is 5.69 Å². The normalized spacial score (nSPS) is 10.5. The molecule has 0 spiro atoms. The van der Waals surface area contributed by atoms with Crippen molar-refractivity contribution in [1.82, 2.24) is 10.2 Å². The Morgan fingerprint density at radius 2 is 1.89 bits per heavy atom. The van der Waals surface area contributed by atoms with E-state index in [-0.39, 0.29) is 5.91 Å². The molecule has 0 saturated carbocycles. The van der Waals surface area contributed by atoms with E-state index >= 15 is 0 Å². The molecule has 0 radical (unpaired) electrons. The average Bonchev–Trinajstić information content (AvgIpc) is 2.47. The Morgan fingerprint density at radius 1 is 1.21 bits per heavy atom. The summed E-state index contributed by atoms with van der Waals surface area (Å²) >= 11 is 0. The minimum atomic E-state index is -0.00973. The van der Waals surface area contributed by atoms with Gasteiger partial charge in [-0.1, -0.05) is 26.0 Å². The highest BCUT2D eigenvalue weighted by molar-refractivity contribution is 5.99. The summed E-state index contributed by atoms with van der Waals surface area (Å²) in [6.07, 6.45) is 0.981. The average molecular weight is 263 g/mol. The summed E-state index contributed by atoms with van der Waals surface area (Å²) in [7, 11) is 1.83. The standard InChI is InChI=1S/C15H25N3O/c1-4-18(5-2)12-8-11-17-15(19)13-9-6-7-10-14(13)16-3/h6-7,9-10,16H,4-5,8,11-12H2,1-3H3,(H,17,19). The number of benzene rings is 1. The van der Waals surface area contributed by atoms with Crippen LogP contribution in [0.1, 0.15) is 30.6 Å². The summed E-state index contributed by atoms with van der Waals surface area (Å²) in [6, 6.07) is 7.55. The zero-order valence-electron chi connectivity index (χ0n) is 12.2. The summed E-state index contributed by atoms with van der Waals surface area (Å²) in [5.41, 5.74) is 1.57. The van der Waals surface area contributed by atoms with Crippen molar-refractivity contribution in [1.29, 1.82) is 0 Å². The molecule has 1 rings (SSSR count). The van der Waals surface area contributed by atoms with Crippen LogP contribution < -0.4 is 10.6 Å². The van der Waals surface area contributed by atoms with E-state index in [9.17, 15) is 4.79 Å². The SMILES string of the molecule is CCN(CC)CCCNC(=O)c1ccccc1NC. The number of carbonyl (C=O) groups is 1. The lowest BCUT2D eigenvalue weighted by molar-refractivity contribution is 0.0952. The maximum Gasteiger partial charge on any atom is 0.253 e. The fourth-order valence-corrected chi connectivity index (χ4v) is 2.04. The van der Waals surface area contributed by atoms with Crippen LogP contribution in [-0.4, -0.2) is 44.0 Å². The Morgan fingerprint density at radius 3 is 2.53 bits per heavy atom. The largest absolute Gasteiger partial charge is 0.387 e. The lowest BCUT2D eigenvalue weighted by Gasteiger charge is -2.17. The molecule has 0 fully saturated rings. The number of nitrogens with one attached hydrogen (secondary N) is 2. The first-order valence-corrected chi connectivity index (χ1v) is 7.00. The monoisotopic (exact) mass is 263 g/mol. The molecule has 1 aromatic rings. The molecule has 4 nitrogen and oxygen atoms in total. The zero-order chi connectivity index (χ0) is 14.1. The van der Waals surface area contributed by atoms with Gasteiger partial charge in [-0.15, -0.1) is 0 Å². The number of carbonyl (C=O) groups excluding carboxylic acids is 1. The quantitative estimate of drug-likeness (QED) is 0.707. The second kappa shape index (κ2) is 8.53. The second-order valence-electron chi connectivity index (χ2n) is 4.43. The summed E-state index contributed by atoms with van der Waals surface area (Å²) < 4.78 is 0. The van der Waals surface area contributed by atoms with Gasteiger partial charge in [0.05, 0.1) is 5.56 Å². The van der Waals surface area contributed by atoms with Gasteiger partial charge in [0.25, 0.3) is 5.91 Å². The van der Waals surface area contributed by atoms with Crippen LogP contribution in [0.15, 0.2) is 24.3 Å². The zero-order valence-corrected chi connectivity index (χ0v) is 12.2. The predicted molar refractivity (Wildman–Crippen MR) is 80.7 cm³/mol. The van der Waals surface area contributed by atoms with Crippen molar-refractivity contribution in [2.45, 2.75) is 20.3 Å². The number of hydrogen-bond donors (Lipinski definition) is 2. The lowest BCUT2D eigenvalue weighted by Crippen LogP contribution is -2.30. The third-order valence-electron chi connectivity index (χ3n) is 3.27. The molecule has 1 amide bonds. The second-order valence-corrected chi connectivity index (χ2v) is 4.43. The molecular weight excluding hydrogens is 238 g/mol. The highest BCUT2D eigenvalue weighted by atomic mass is 16.1. The van der Waals surface area contributed by atoms with Gasteiger partial charge in [0.1, 0.15) is 0 Å². The third kappa shape index (κ3) is 4.91. The maximum atomic E-state index is 12.0. The molecule has 0 saturated heterocycles. The van der Waals surface area contributed by atoms with E-state index in [4.69, 9.17) is 0 Å². The molecule has 2 N–H and O–H groups in total. The van der Waals surface area contributed by atoms with Gasteiger partial charge < -0.3 is 15.5 Å². The van der Waals surface area contributed by atoms with Gasteiger partial charge in [0, 0.05) is 19.3 Å². The van der Waals surface area contributed by atoms with Crippen molar-refractivity contribution in [2.75, 3.05) is 38.5 Å². The Kier molecular flexibility index (Phi) is 6.97. The third-order valence-corrected chi connectivity index (χ3v) is 3.27. The maximum absolute atomic E-state index is 12.0. The molecule has 0 atom stereocenters.